The van der Waals surface area contributed by atoms with Gasteiger partial charge in [0, 0.05) is 57.7 Å². The predicted octanol–water partition coefficient (Wildman–Crippen LogP) is 2.25. The summed E-state index contributed by atoms with van der Waals surface area (Å²) in [4.78, 5) is 31.3. The minimum absolute atomic E-state index is 0. The van der Waals surface area contributed by atoms with Crippen molar-refractivity contribution in [2.75, 3.05) is 33.2 Å². The van der Waals surface area contributed by atoms with Gasteiger partial charge in [-0.2, -0.15) is 0 Å². The second kappa shape index (κ2) is 12.3. The van der Waals surface area contributed by atoms with Gasteiger partial charge in [-0.3, -0.25) is 24.4 Å². The number of benzene rings is 1. The molecule has 2 fully saturated rings. The minimum Gasteiger partial charge on any atom is -0.355 e. The van der Waals surface area contributed by atoms with Crippen molar-refractivity contribution in [1.29, 1.82) is 0 Å². The molecular formula is C21H30F2IN5O2. The van der Waals surface area contributed by atoms with Crippen LogP contribution in [0.3, 0.4) is 0 Å². The zero-order chi connectivity index (χ0) is 21.5. The molecule has 2 heterocycles. The first-order chi connectivity index (χ1) is 14.5. The number of nitrogens with one attached hydrogen (secondary N) is 2. The SMILES string of the molecule is CN=C(NCCN1C(=O)CCCC1=O)NC1CCCN(Cc2c(F)cccc2F)C1.I. The van der Waals surface area contributed by atoms with Gasteiger partial charge in [0.05, 0.1) is 0 Å². The molecule has 172 valence electrons. The minimum atomic E-state index is -0.524. The zero-order valence-electron chi connectivity index (χ0n) is 17.7. The number of carbonyl (C=O) groups is 2. The number of aliphatic imine (C=N–C) groups is 1. The van der Waals surface area contributed by atoms with Crippen LogP contribution in [-0.4, -0.2) is 66.8 Å². The zero-order valence-corrected chi connectivity index (χ0v) is 20.0. The molecule has 1 unspecified atom stereocenters. The first kappa shape index (κ1) is 25.4. The number of nitrogens with zero attached hydrogens (tertiary/aromatic N) is 3. The van der Waals surface area contributed by atoms with E-state index in [0.29, 0.717) is 44.9 Å². The molecule has 2 aliphatic rings. The molecule has 31 heavy (non-hydrogen) atoms. The Morgan fingerprint density at radius 2 is 1.84 bits per heavy atom. The molecule has 2 N–H and O–H groups in total. The van der Waals surface area contributed by atoms with E-state index in [2.05, 4.69) is 15.6 Å². The second-order valence-corrected chi connectivity index (χ2v) is 7.71. The molecule has 1 atom stereocenters. The first-order valence-electron chi connectivity index (χ1n) is 10.4. The molecule has 1 aromatic rings. The molecule has 1 aromatic carbocycles. The van der Waals surface area contributed by atoms with Gasteiger partial charge in [0.25, 0.3) is 0 Å². The molecular weight excluding hydrogens is 519 g/mol. The summed E-state index contributed by atoms with van der Waals surface area (Å²) in [5, 5.41) is 6.47. The fourth-order valence-corrected chi connectivity index (χ4v) is 3.95. The van der Waals surface area contributed by atoms with Gasteiger partial charge in [-0.15, -0.1) is 24.0 Å². The molecule has 0 aliphatic carbocycles. The van der Waals surface area contributed by atoms with Crippen molar-refractivity contribution < 1.29 is 18.4 Å². The van der Waals surface area contributed by atoms with Crippen LogP contribution in [0.5, 0.6) is 0 Å². The topological polar surface area (TPSA) is 77.0 Å². The first-order valence-corrected chi connectivity index (χ1v) is 10.4. The largest absolute Gasteiger partial charge is 0.355 e. The Morgan fingerprint density at radius 1 is 1.16 bits per heavy atom. The summed E-state index contributed by atoms with van der Waals surface area (Å²) in [6.45, 7) is 2.35. The Morgan fingerprint density at radius 3 is 2.48 bits per heavy atom. The van der Waals surface area contributed by atoms with Crippen molar-refractivity contribution in [3.05, 3.63) is 35.4 Å². The molecule has 2 amide bonds. The monoisotopic (exact) mass is 549 g/mol. The standard InChI is InChI=1S/C21H29F2N5O2.HI/c1-24-21(25-10-12-28-19(29)8-3-9-20(28)30)26-15-5-4-11-27(13-15)14-16-17(22)6-2-7-18(16)23;/h2,6-7,15H,3-5,8-14H2,1H3,(H2,24,25,26);1H. The smallest absolute Gasteiger partial charge is 0.229 e. The fourth-order valence-electron chi connectivity index (χ4n) is 3.95. The van der Waals surface area contributed by atoms with Crippen molar-refractivity contribution >= 4 is 41.8 Å². The van der Waals surface area contributed by atoms with Gasteiger partial charge >= 0.3 is 0 Å². The summed E-state index contributed by atoms with van der Waals surface area (Å²) in [5.74, 6) is -0.719. The quantitative estimate of drug-likeness (QED) is 0.247. The van der Waals surface area contributed by atoms with Crippen LogP contribution < -0.4 is 10.6 Å². The molecule has 2 saturated heterocycles. The van der Waals surface area contributed by atoms with Crippen LogP contribution in [0.1, 0.15) is 37.7 Å². The highest BCUT2D eigenvalue weighted by molar-refractivity contribution is 14.0. The molecule has 2 aliphatic heterocycles. The summed E-state index contributed by atoms with van der Waals surface area (Å²) >= 11 is 0. The summed E-state index contributed by atoms with van der Waals surface area (Å²) in [7, 11) is 1.65. The van der Waals surface area contributed by atoms with E-state index in [0.717, 1.165) is 19.4 Å². The molecule has 0 aromatic heterocycles. The summed E-state index contributed by atoms with van der Waals surface area (Å²) in [6, 6.07) is 4.01. The van der Waals surface area contributed by atoms with Crippen LogP contribution >= 0.6 is 24.0 Å². The normalized spacial score (nSPS) is 20.4. The number of likely N-dealkylation sites (tertiary alicyclic amines) is 2. The van der Waals surface area contributed by atoms with Crippen molar-refractivity contribution in [3.8, 4) is 0 Å². The van der Waals surface area contributed by atoms with E-state index in [4.69, 9.17) is 0 Å². The maximum Gasteiger partial charge on any atom is 0.229 e. The van der Waals surface area contributed by atoms with Gasteiger partial charge in [-0.1, -0.05) is 6.07 Å². The molecule has 0 saturated carbocycles. The third kappa shape index (κ3) is 7.09. The maximum absolute atomic E-state index is 14.0. The lowest BCUT2D eigenvalue weighted by atomic mass is 10.0. The molecule has 0 bridgehead atoms. The highest BCUT2D eigenvalue weighted by Crippen LogP contribution is 2.18. The van der Waals surface area contributed by atoms with Gasteiger partial charge in [0.15, 0.2) is 5.96 Å². The lowest BCUT2D eigenvalue weighted by Crippen LogP contribution is -2.52. The van der Waals surface area contributed by atoms with E-state index in [1.165, 1.54) is 23.1 Å². The van der Waals surface area contributed by atoms with Crippen LogP contribution in [-0.2, 0) is 16.1 Å². The number of hydrogen-bond donors (Lipinski definition) is 2. The Balaban J connectivity index is 0.00000341. The van der Waals surface area contributed by atoms with Gasteiger partial charge < -0.3 is 10.6 Å². The number of hydrogen-bond acceptors (Lipinski definition) is 4. The highest BCUT2D eigenvalue weighted by atomic mass is 127. The van der Waals surface area contributed by atoms with Crippen molar-refractivity contribution in [2.24, 2.45) is 4.99 Å². The lowest BCUT2D eigenvalue weighted by molar-refractivity contribution is -0.147. The van der Waals surface area contributed by atoms with Crippen LogP contribution in [0.4, 0.5) is 8.78 Å². The summed E-state index contributed by atoms with van der Waals surface area (Å²) in [6.07, 6.45) is 3.28. The van der Waals surface area contributed by atoms with Crippen LogP contribution in [0, 0.1) is 11.6 Å². The molecule has 10 heteroatoms. The van der Waals surface area contributed by atoms with E-state index >= 15 is 0 Å². The van der Waals surface area contributed by atoms with Crippen LogP contribution in [0.15, 0.2) is 23.2 Å². The number of amides is 2. The van der Waals surface area contributed by atoms with E-state index in [-0.39, 0.29) is 53.9 Å². The summed E-state index contributed by atoms with van der Waals surface area (Å²) in [5.41, 5.74) is 0.0940. The Bertz CT molecular complexity index is 772. The average Bonchev–Trinajstić information content (AvgIpc) is 2.72. The number of imide groups is 1. The third-order valence-corrected chi connectivity index (χ3v) is 5.52. The average molecular weight is 549 g/mol. The van der Waals surface area contributed by atoms with E-state index in [1.807, 2.05) is 4.90 Å². The predicted molar refractivity (Wildman–Crippen MR) is 125 cm³/mol. The number of rotatable bonds is 6. The summed E-state index contributed by atoms with van der Waals surface area (Å²) < 4.78 is 27.9. The van der Waals surface area contributed by atoms with Crippen LogP contribution in [0.2, 0.25) is 0 Å². The number of halogens is 3. The highest BCUT2D eigenvalue weighted by Gasteiger charge is 2.26. The van der Waals surface area contributed by atoms with E-state index in [1.54, 1.807) is 7.05 Å². The van der Waals surface area contributed by atoms with Crippen LogP contribution in [0.25, 0.3) is 0 Å². The number of guanidine groups is 1. The van der Waals surface area contributed by atoms with Gasteiger partial charge in [-0.05, 0) is 37.9 Å². The van der Waals surface area contributed by atoms with E-state index < -0.39 is 11.6 Å². The van der Waals surface area contributed by atoms with Crippen molar-refractivity contribution in [1.82, 2.24) is 20.4 Å². The van der Waals surface area contributed by atoms with Crippen molar-refractivity contribution in [2.45, 2.75) is 44.7 Å². The lowest BCUT2D eigenvalue weighted by Gasteiger charge is -2.34. The number of carbonyl (C=O) groups excluding carboxylic acids is 2. The molecule has 0 spiro atoms. The Kier molecular flexibility index (Phi) is 10.1. The molecule has 0 radical (unpaired) electrons. The number of piperidine rings is 2. The van der Waals surface area contributed by atoms with Crippen molar-refractivity contribution in [3.63, 3.8) is 0 Å². The third-order valence-electron chi connectivity index (χ3n) is 5.52. The Labute approximate surface area is 198 Å². The second-order valence-electron chi connectivity index (χ2n) is 7.71. The Hall–Kier alpha value is -1.82. The molecule has 7 nitrogen and oxygen atoms in total. The van der Waals surface area contributed by atoms with E-state index in [9.17, 15) is 18.4 Å². The van der Waals surface area contributed by atoms with Gasteiger partial charge in [-0.25, -0.2) is 8.78 Å². The fraction of sp³-hybridized carbons (Fsp3) is 0.571. The maximum atomic E-state index is 14.0. The van der Waals surface area contributed by atoms with Gasteiger partial charge in [0.1, 0.15) is 11.6 Å². The molecule has 3 rings (SSSR count). The van der Waals surface area contributed by atoms with Gasteiger partial charge in [0.2, 0.25) is 11.8 Å².